The predicted molar refractivity (Wildman–Crippen MR) is 82.7 cm³/mol. The predicted octanol–water partition coefficient (Wildman–Crippen LogP) is 1.47. The highest BCUT2D eigenvalue weighted by molar-refractivity contribution is 5.93. The van der Waals surface area contributed by atoms with Gasteiger partial charge >= 0.3 is 0 Å². The highest BCUT2D eigenvalue weighted by atomic mass is 16.5. The van der Waals surface area contributed by atoms with Gasteiger partial charge in [-0.3, -0.25) is 9.78 Å². The monoisotopic (exact) mass is 313 g/mol. The fraction of sp³-hybridized carbons (Fsp3) is 0.412. The highest BCUT2D eigenvalue weighted by Gasteiger charge is 2.48. The van der Waals surface area contributed by atoms with Gasteiger partial charge in [0, 0.05) is 24.9 Å². The molecule has 0 aliphatic carbocycles. The lowest BCUT2D eigenvalue weighted by Crippen LogP contribution is -2.38. The van der Waals surface area contributed by atoms with Gasteiger partial charge in [-0.2, -0.15) is 0 Å². The number of hydrogen-bond donors (Lipinski definition) is 1. The van der Waals surface area contributed by atoms with Crippen LogP contribution >= 0.6 is 0 Å². The normalized spacial score (nSPS) is 26.4. The summed E-state index contributed by atoms with van der Waals surface area (Å²) in [4.78, 5) is 21.8. The van der Waals surface area contributed by atoms with Crippen molar-refractivity contribution < 1.29 is 14.3 Å². The molecule has 0 spiro atoms. The summed E-state index contributed by atoms with van der Waals surface area (Å²) in [6.07, 6.45) is 3.51. The van der Waals surface area contributed by atoms with Crippen molar-refractivity contribution >= 4 is 5.91 Å². The van der Waals surface area contributed by atoms with Crippen LogP contribution in [0.4, 0.5) is 0 Å². The maximum Gasteiger partial charge on any atom is 0.270 e. The number of ether oxygens (including phenoxy) is 2. The smallest absolute Gasteiger partial charge is 0.270 e. The second-order valence-corrected chi connectivity index (χ2v) is 5.98. The van der Waals surface area contributed by atoms with Crippen LogP contribution in [-0.2, 0) is 16.1 Å². The lowest BCUT2D eigenvalue weighted by atomic mass is 10.0. The minimum atomic E-state index is -0.0107. The Balaban J connectivity index is 1.46. The van der Waals surface area contributed by atoms with Gasteiger partial charge in [0.15, 0.2) is 0 Å². The molecule has 3 atom stereocenters. The molecule has 120 valence electrons. The Morgan fingerprint density at radius 2 is 2.30 bits per heavy atom. The Morgan fingerprint density at radius 3 is 3.09 bits per heavy atom. The first-order valence-corrected chi connectivity index (χ1v) is 7.86. The molecule has 23 heavy (non-hydrogen) atoms. The number of pyridine rings is 1. The molecule has 0 unspecified atom stereocenters. The van der Waals surface area contributed by atoms with E-state index in [0.29, 0.717) is 32.1 Å². The Hall–Kier alpha value is -2.18. The van der Waals surface area contributed by atoms with Gasteiger partial charge in [0.25, 0.3) is 5.91 Å². The molecule has 2 aromatic heterocycles. The summed E-state index contributed by atoms with van der Waals surface area (Å²) in [5, 5.41) is 0. The standard InChI is InChI=1S/C17H19N3O3/c21-17(14-5-3-7-19-14)20-8-16(13-10-22-11-15(13)20)23-9-12-4-1-2-6-18-12/h1-7,13,15-16,19H,8-11H2/t13-,15+,16-/m0/s1. The fourth-order valence-electron chi connectivity index (χ4n) is 3.40. The summed E-state index contributed by atoms with van der Waals surface area (Å²) < 4.78 is 11.6. The number of aromatic amines is 1. The second kappa shape index (κ2) is 6.14. The van der Waals surface area contributed by atoms with E-state index in [1.165, 1.54) is 0 Å². The summed E-state index contributed by atoms with van der Waals surface area (Å²) in [6, 6.07) is 9.51. The topological polar surface area (TPSA) is 67.5 Å². The second-order valence-electron chi connectivity index (χ2n) is 5.98. The molecule has 4 rings (SSSR count). The number of fused-ring (bicyclic) bond motifs is 1. The van der Waals surface area contributed by atoms with Gasteiger partial charge in [0.1, 0.15) is 5.69 Å². The van der Waals surface area contributed by atoms with Crippen molar-refractivity contribution in [2.24, 2.45) is 5.92 Å². The van der Waals surface area contributed by atoms with Crippen molar-refractivity contribution in [1.82, 2.24) is 14.9 Å². The number of carbonyl (C=O) groups excluding carboxylic acids is 1. The highest BCUT2D eigenvalue weighted by Crippen LogP contribution is 2.33. The zero-order valence-corrected chi connectivity index (χ0v) is 12.7. The Bertz CT molecular complexity index is 659. The summed E-state index contributed by atoms with van der Waals surface area (Å²) >= 11 is 0. The number of carbonyl (C=O) groups is 1. The largest absolute Gasteiger partial charge is 0.379 e. The van der Waals surface area contributed by atoms with Crippen LogP contribution in [0.3, 0.4) is 0 Å². The number of likely N-dealkylation sites (tertiary alicyclic amines) is 1. The van der Waals surface area contributed by atoms with E-state index in [1.54, 1.807) is 18.5 Å². The number of nitrogens with zero attached hydrogens (tertiary/aromatic N) is 2. The van der Waals surface area contributed by atoms with E-state index in [0.717, 1.165) is 5.69 Å². The molecule has 2 aliphatic rings. The molecule has 0 saturated carbocycles. The minimum Gasteiger partial charge on any atom is -0.379 e. The van der Waals surface area contributed by atoms with E-state index < -0.39 is 0 Å². The van der Waals surface area contributed by atoms with E-state index >= 15 is 0 Å². The average Bonchev–Trinajstić information content (AvgIpc) is 3.31. The number of nitrogens with one attached hydrogen (secondary N) is 1. The molecule has 0 bridgehead atoms. The van der Waals surface area contributed by atoms with Gasteiger partial charge in [-0.15, -0.1) is 0 Å². The molecule has 6 nitrogen and oxygen atoms in total. The van der Waals surface area contributed by atoms with Gasteiger partial charge in [0.2, 0.25) is 0 Å². The number of rotatable bonds is 4. The van der Waals surface area contributed by atoms with Gasteiger partial charge in [0.05, 0.1) is 37.7 Å². The average molecular weight is 313 g/mol. The molecular formula is C17H19N3O3. The van der Waals surface area contributed by atoms with Gasteiger partial charge in [-0.05, 0) is 24.3 Å². The minimum absolute atomic E-state index is 0.0107. The van der Waals surface area contributed by atoms with Crippen molar-refractivity contribution in [3.05, 3.63) is 54.1 Å². The number of hydrogen-bond acceptors (Lipinski definition) is 4. The molecule has 0 aromatic carbocycles. The van der Waals surface area contributed by atoms with E-state index in [4.69, 9.17) is 9.47 Å². The fourth-order valence-corrected chi connectivity index (χ4v) is 3.40. The maximum atomic E-state index is 12.6. The van der Waals surface area contributed by atoms with Crippen molar-refractivity contribution in [2.75, 3.05) is 19.8 Å². The molecule has 0 radical (unpaired) electrons. The Labute approximate surface area is 134 Å². The first-order valence-electron chi connectivity index (χ1n) is 7.86. The van der Waals surface area contributed by atoms with Crippen molar-refractivity contribution in [3.63, 3.8) is 0 Å². The van der Waals surface area contributed by atoms with Gasteiger partial charge in [-0.1, -0.05) is 6.07 Å². The molecule has 2 saturated heterocycles. The van der Waals surface area contributed by atoms with E-state index in [1.807, 2.05) is 29.2 Å². The third kappa shape index (κ3) is 2.75. The maximum absolute atomic E-state index is 12.6. The van der Waals surface area contributed by atoms with Gasteiger partial charge in [-0.25, -0.2) is 0 Å². The third-order valence-corrected chi connectivity index (χ3v) is 4.61. The molecule has 2 aromatic rings. The van der Waals surface area contributed by atoms with Crippen LogP contribution < -0.4 is 0 Å². The molecule has 2 aliphatic heterocycles. The van der Waals surface area contributed by atoms with Crippen molar-refractivity contribution in [1.29, 1.82) is 0 Å². The van der Waals surface area contributed by atoms with E-state index in [9.17, 15) is 4.79 Å². The molecular weight excluding hydrogens is 294 g/mol. The lowest BCUT2D eigenvalue weighted by Gasteiger charge is -2.21. The van der Waals surface area contributed by atoms with Crippen LogP contribution in [-0.4, -0.2) is 52.7 Å². The molecule has 2 fully saturated rings. The summed E-state index contributed by atoms with van der Waals surface area (Å²) in [5.74, 6) is 0.247. The number of H-pyrrole nitrogens is 1. The molecule has 1 amide bonds. The van der Waals surface area contributed by atoms with E-state index in [-0.39, 0.29) is 24.0 Å². The Kier molecular flexibility index (Phi) is 3.85. The van der Waals surface area contributed by atoms with Crippen LogP contribution in [0, 0.1) is 5.92 Å². The third-order valence-electron chi connectivity index (χ3n) is 4.61. The number of aromatic nitrogens is 2. The van der Waals surface area contributed by atoms with E-state index in [2.05, 4.69) is 9.97 Å². The van der Waals surface area contributed by atoms with Crippen LogP contribution in [0.5, 0.6) is 0 Å². The quantitative estimate of drug-likeness (QED) is 0.928. The molecule has 1 N–H and O–H groups in total. The zero-order chi connectivity index (χ0) is 15.6. The summed E-state index contributed by atoms with van der Waals surface area (Å²) in [6.45, 7) is 2.29. The van der Waals surface area contributed by atoms with Crippen LogP contribution in [0.2, 0.25) is 0 Å². The van der Waals surface area contributed by atoms with Crippen LogP contribution in [0.25, 0.3) is 0 Å². The first-order chi connectivity index (χ1) is 11.3. The number of amides is 1. The van der Waals surface area contributed by atoms with Gasteiger partial charge < -0.3 is 19.4 Å². The van der Waals surface area contributed by atoms with Crippen LogP contribution in [0.15, 0.2) is 42.7 Å². The first kappa shape index (κ1) is 14.4. The lowest BCUT2D eigenvalue weighted by molar-refractivity contribution is 0.00796. The SMILES string of the molecule is O=C(c1ccc[nH]1)N1C[C@H](OCc2ccccn2)[C@H]2COC[C@H]21. The summed E-state index contributed by atoms with van der Waals surface area (Å²) in [7, 11) is 0. The van der Waals surface area contributed by atoms with Crippen molar-refractivity contribution in [2.45, 2.75) is 18.8 Å². The van der Waals surface area contributed by atoms with Crippen molar-refractivity contribution in [3.8, 4) is 0 Å². The van der Waals surface area contributed by atoms with Crippen LogP contribution in [0.1, 0.15) is 16.2 Å². The molecule has 4 heterocycles. The zero-order valence-electron chi connectivity index (χ0n) is 12.7. The molecule has 6 heteroatoms. The summed E-state index contributed by atoms with van der Waals surface area (Å²) in [5.41, 5.74) is 1.51. The Morgan fingerprint density at radius 1 is 1.35 bits per heavy atom.